The Morgan fingerprint density at radius 1 is 1.24 bits per heavy atom. The second kappa shape index (κ2) is 7.88. The first-order valence-corrected chi connectivity index (χ1v) is 8.36. The highest BCUT2D eigenvalue weighted by molar-refractivity contribution is 5.75. The lowest BCUT2D eigenvalue weighted by Gasteiger charge is -2.38. The van der Waals surface area contributed by atoms with Crippen molar-refractivity contribution in [3.05, 3.63) is 53.9 Å². The quantitative estimate of drug-likeness (QED) is 0.877. The van der Waals surface area contributed by atoms with Gasteiger partial charge in [-0.2, -0.15) is 0 Å². The van der Waals surface area contributed by atoms with Crippen molar-refractivity contribution in [2.24, 2.45) is 0 Å². The molecular formula is C19H23N3O3. The van der Waals surface area contributed by atoms with Gasteiger partial charge in [0.2, 0.25) is 0 Å². The second-order valence-electron chi connectivity index (χ2n) is 6.02. The van der Waals surface area contributed by atoms with E-state index in [4.69, 9.17) is 9.47 Å². The monoisotopic (exact) mass is 341 g/mol. The van der Waals surface area contributed by atoms with Crippen LogP contribution in [0.25, 0.3) is 0 Å². The van der Waals surface area contributed by atoms with E-state index in [2.05, 4.69) is 10.3 Å². The third-order valence-electron chi connectivity index (χ3n) is 4.44. The number of methoxy groups -OCH3 is 2. The molecule has 0 radical (unpaired) electrons. The zero-order valence-corrected chi connectivity index (χ0v) is 14.6. The third-order valence-corrected chi connectivity index (χ3v) is 4.44. The number of nitrogens with zero attached hydrogens (tertiary/aromatic N) is 2. The van der Waals surface area contributed by atoms with Crippen LogP contribution in [0.2, 0.25) is 0 Å². The van der Waals surface area contributed by atoms with Crippen molar-refractivity contribution >= 4 is 6.03 Å². The van der Waals surface area contributed by atoms with E-state index in [-0.39, 0.29) is 6.03 Å². The van der Waals surface area contributed by atoms with Crippen LogP contribution in [0.4, 0.5) is 4.79 Å². The van der Waals surface area contributed by atoms with Crippen molar-refractivity contribution < 1.29 is 14.3 Å². The van der Waals surface area contributed by atoms with Gasteiger partial charge in [0.1, 0.15) is 11.5 Å². The van der Waals surface area contributed by atoms with Crippen molar-refractivity contribution in [2.75, 3.05) is 33.9 Å². The fraction of sp³-hybridized carbons (Fsp3) is 0.368. The van der Waals surface area contributed by atoms with E-state index in [1.807, 2.05) is 41.3 Å². The number of nitrogens with one attached hydrogen (secondary N) is 1. The average molecular weight is 341 g/mol. The van der Waals surface area contributed by atoms with Gasteiger partial charge in [0.15, 0.2) is 0 Å². The van der Waals surface area contributed by atoms with Crippen molar-refractivity contribution in [1.29, 1.82) is 0 Å². The Bertz CT molecular complexity index is 715. The summed E-state index contributed by atoms with van der Waals surface area (Å²) in [4.78, 5) is 18.3. The van der Waals surface area contributed by atoms with E-state index in [1.165, 1.54) is 0 Å². The highest BCUT2D eigenvalue weighted by Crippen LogP contribution is 2.26. The molecule has 0 atom stereocenters. The summed E-state index contributed by atoms with van der Waals surface area (Å²) in [5.41, 5.74) is 2.09. The van der Waals surface area contributed by atoms with Gasteiger partial charge in [-0.3, -0.25) is 4.98 Å². The van der Waals surface area contributed by atoms with E-state index in [1.54, 1.807) is 20.4 Å². The molecule has 1 saturated heterocycles. The maximum Gasteiger partial charge on any atom is 0.317 e. The van der Waals surface area contributed by atoms with Gasteiger partial charge in [-0.25, -0.2) is 4.79 Å². The number of carbonyl (C=O) groups is 1. The molecule has 6 nitrogen and oxygen atoms in total. The molecule has 3 rings (SSSR count). The number of amides is 2. The first-order valence-electron chi connectivity index (χ1n) is 8.36. The molecule has 2 amide bonds. The Labute approximate surface area is 147 Å². The van der Waals surface area contributed by atoms with Gasteiger partial charge in [-0.15, -0.1) is 0 Å². The highest BCUT2D eigenvalue weighted by atomic mass is 16.5. The number of ether oxygens (including phenoxy) is 2. The topological polar surface area (TPSA) is 63.7 Å². The fourth-order valence-corrected chi connectivity index (χ4v) is 2.92. The summed E-state index contributed by atoms with van der Waals surface area (Å²) >= 11 is 0. The summed E-state index contributed by atoms with van der Waals surface area (Å²) in [6, 6.07) is 11.6. The van der Waals surface area contributed by atoms with E-state index in [0.717, 1.165) is 22.8 Å². The summed E-state index contributed by atoms with van der Waals surface area (Å²) in [5.74, 6) is 1.87. The molecule has 1 fully saturated rings. The minimum absolute atomic E-state index is 0.0281. The lowest BCUT2D eigenvalue weighted by Crippen LogP contribution is -2.53. The number of aromatic nitrogens is 1. The Hall–Kier alpha value is -2.76. The largest absolute Gasteiger partial charge is 0.497 e. The number of urea groups is 1. The zero-order valence-electron chi connectivity index (χ0n) is 14.6. The minimum atomic E-state index is -0.0281. The standard InChI is InChI=1S/C19H23N3O3/c1-24-16-7-6-14(18(11-16)25-2)8-10-21-19(23)22-12-15(13-22)17-5-3-4-9-20-17/h3-7,9,11,15H,8,10,12-13H2,1-2H3,(H,21,23). The number of hydrogen-bond donors (Lipinski definition) is 1. The van der Waals surface area contributed by atoms with Gasteiger partial charge in [-0.1, -0.05) is 12.1 Å². The first kappa shape index (κ1) is 17.1. The number of rotatable bonds is 6. The van der Waals surface area contributed by atoms with Crippen LogP contribution in [0.1, 0.15) is 17.2 Å². The molecule has 1 aliphatic rings. The van der Waals surface area contributed by atoms with Crippen molar-refractivity contribution in [3.8, 4) is 11.5 Å². The predicted molar refractivity (Wildman–Crippen MR) is 95.2 cm³/mol. The summed E-state index contributed by atoms with van der Waals surface area (Å²) in [5, 5.41) is 2.96. The average Bonchev–Trinajstić information content (AvgIpc) is 2.61. The molecule has 0 bridgehead atoms. The first-order chi connectivity index (χ1) is 12.2. The van der Waals surface area contributed by atoms with Gasteiger partial charge >= 0.3 is 6.03 Å². The molecule has 1 aromatic carbocycles. The summed E-state index contributed by atoms with van der Waals surface area (Å²) in [6.07, 6.45) is 2.50. The molecule has 1 aliphatic heterocycles. The molecule has 2 aromatic rings. The van der Waals surface area contributed by atoms with Crippen LogP contribution in [0.3, 0.4) is 0 Å². The van der Waals surface area contributed by atoms with E-state index >= 15 is 0 Å². The van der Waals surface area contributed by atoms with Crippen molar-refractivity contribution in [3.63, 3.8) is 0 Å². The smallest absolute Gasteiger partial charge is 0.317 e. The van der Waals surface area contributed by atoms with Crippen LogP contribution < -0.4 is 14.8 Å². The fourth-order valence-electron chi connectivity index (χ4n) is 2.92. The highest BCUT2D eigenvalue weighted by Gasteiger charge is 2.32. The Kier molecular flexibility index (Phi) is 5.38. The number of benzene rings is 1. The van der Waals surface area contributed by atoms with E-state index in [9.17, 15) is 4.79 Å². The molecule has 25 heavy (non-hydrogen) atoms. The normalized spacial score (nSPS) is 13.9. The number of carbonyl (C=O) groups excluding carboxylic acids is 1. The molecule has 1 aromatic heterocycles. The minimum Gasteiger partial charge on any atom is -0.497 e. The van der Waals surface area contributed by atoms with Crippen molar-refractivity contribution in [2.45, 2.75) is 12.3 Å². The van der Waals surface area contributed by atoms with Gasteiger partial charge in [0.25, 0.3) is 0 Å². The van der Waals surface area contributed by atoms with Crippen LogP contribution in [0.5, 0.6) is 11.5 Å². The molecule has 0 spiro atoms. The van der Waals surface area contributed by atoms with Crippen LogP contribution in [0, 0.1) is 0 Å². The molecule has 0 saturated carbocycles. The molecule has 132 valence electrons. The number of pyridine rings is 1. The van der Waals surface area contributed by atoms with Crippen LogP contribution in [-0.2, 0) is 6.42 Å². The summed E-state index contributed by atoms with van der Waals surface area (Å²) in [6.45, 7) is 2.00. The predicted octanol–water partition coefficient (Wildman–Crippen LogP) is 2.45. The van der Waals surface area contributed by atoms with Gasteiger partial charge in [0.05, 0.1) is 14.2 Å². The second-order valence-corrected chi connectivity index (χ2v) is 6.02. The van der Waals surface area contributed by atoms with Gasteiger partial charge < -0.3 is 19.7 Å². The van der Waals surface area contributed by atoms with Crippen LogP contribution >= 0.6 is 0 Å². The Balaban J connectivity index is 1.45. The molecule has 0 aliphatic carbocycles. The maximum absolute atomic E-state index is 12.2. The van der Waals surface area contributed by atoms with Gasteiger partial charge in [-0.05, 0) is 30.2 Å². The molecule has 6 heteroatoms. The Morgan fingerprint density at radius 2 is 2.08 bits per heavy atom. The zero-order chi connectivity index (χ0) is 17.6. The summed E-state index contributed by atoms with van der Waals surface area (Å²) < 4.78 is 10.6. The molecular weight excluding hydrogens is 318 g/mol. The van der Waals surface area contributed by atoms with E-state index < -0.39 is 0 Å². The number of hydrogen-bond acceptors (Lipinski definition) is 4. The van der Waals surface area contributed by atoms with Crippen LogP contribution in [-0.4, -0.2) is 49.8 Å². The number of likely N-dealkylation sites (tertiary alicyclic amines) is 1. The molecule has 1 N–H and O–H groups in total. The van der Waals surface area contributed by atoms with Crippen LogP contribution in [0.15, 0.2) is 42.6 Å². The summed E-state index contributed by atoms with van der Waals surface area (Å²) in [7, 11) is 3.26. The SMILES string of the molecule is COc1ccc(CCNC(=O)N2CC(c3ccccn3)C2)c(OC)c1. The lowest BCUT2D eigenvalue weighted by atomic mass is 9.96. The lowest BCUT2D eigenvalue weighted by molar-refractivity contribution is 0.150. The van der Waals surface area contributed by atoms with E-state index in [0.29, 0.717) is 32.0 Å². The van der Waals surface area contributed by atoms with Crippen molar-refractivity contribution in [1.82, 2.24) is 15.2 Å². The molecule has 2 heterocycles. The van der Waals surface area contributed by atoms with Gasteiger partial charge in [0, 0.05) is 43.5 Å². The maximum atomic E-state index is 12.2. The molecule has 0 unspecified atom stereocenters. The Morgan fingerprint density at radius 3 is 2.76 bits per heavy atom. The third kappa shape index (κ3) is 4.02.